The summed E-state index contributed by atoms with van der Waals surface area (Å²) in [5.74, 6) is 0. The minimum atomic E-state index is 0.932. The molecule has 0 radical (unpaired) electrons. The Morgan fingerprint density at radius 1 is 0.500 bits per heavy atom. The highest BCUT2D eigenvalue weighted by Gasteiger charge is 2.15. The number of pyridine rings is 3. The largest absolute Gasteiger partial charge is 0.308 e. The van der Waals surface area contributed by atoms with Gasteiger partial charge in [-0.3, -0.25) is 15.0 Å². The monoisotopic (exact) mass is 552 g/mol. The van der Waals surface area contributed by atoms with Gasteiger partial charge in [0.2, 0.25) is 0 Å². The number of rotatable bonds is 4. The lowest BCUT2D eigenvalue weighted by atomic mass is 9.96. The van der Waals surface area contributed by atoms with Gasteiger partial charge in [-0.25, -0.2) is 0 Å². The second-order valence-electron chi connectivity index (χ2n) is 9.15. The molecule has 0 fully saturated rings. The van der Waals surface area contributed by atoms with Gasteiger partial charge in [0, 0.05) is 45.3 Å². The average Bonchev–Trinajstić information content (AvgIpc) is 3.31. The number of nitrogens with zero attached hydrogens (tertiary/aromatic N) is 4. The molecule has 3 aromatic carbocycles. The Kier molecular flexibility index (Phi) is 5.56. The van der Waals surface area contributed by atoms with Gasteiger partial charge in [0.05, 0.1) is 27.9 Å². The lowest BCUT2D eigenvalue weighted by Gasteiger charge is -2.13. The molecular formula is C33H21BrN4. The van der Waals surface area contributed by atoms with Crippen molar-refractivity contribution in [2.75, 3.05) is 0 Å². The third-order valence-electron chi connectivity index (χ3n) is 6.77. The highest BCUT2D eigenvalue weighted by atomic mass is 79.9. The van der Waals surface area contributed by atoms with E-state index in [2.05, 4.69) is 97.2 Å². The lowest BCUT2D eigenvalue weighted by Crippen LogP contribution is -1.95. The van der Waals surface area contributed by atoms with Crippen molar-refractivity contribution in [3.05, 3.63) is 132 Å². The minimum Gasteiger partial charge on any atom is -0.308 e. The minimum absolute atomic E-state index is 0.932. The van der Waals surface area contributed by atoms with E-state index in [0.717, 1.165) is 65.7 Å². The Morgan fingerprint density at radius 2 is 1.21 bits per heavy atom. The van der Waals surface area contributed by atoms with Crippen molar-refractivity contribution in [2.24, 2.45) is 0 Å². The van der Waals surface area contributed by atoms with E-state index in [-0.39, 0.29) is 0 Å². The second-order valence-corrected chi connectivity index (χ2v) is 10.1. The van der Waals surface area contributed by atoms with E-state index in [4.69, 9.17) is 4.98 Å². The van der Waals surface area contributed by atoms with Crippen LogP contribution < -0.4 is 0 Å². The standard InChI is InChI=1S/C33H21BrN4/c34-26-12-13-31-28(21-26)33-32(11-6-16-37-33)38(31)27-8-5-7-22(20-27)23-17-24(29-9-1-3-14-35-29)19-25(18-23)30-10-2-4-15-36-30/h1-21H. The van der Waals surface area contributed by atoms with Crippen molar-refractivity contribution in [3.63, 3.8) is 0 Å². The van der Waals surface area contributed by atoms with Gasteiger partial charge in [0.15, 0.2) is 0 Å². The zero-order valence-electron chi connectivity index (χ0n) is 20.3. The molecule has 5 heteroatoms. The van der Waals surface area contributed by atoms with Gasteiger partial charge in [0.25, 0.3) is 0 Å². The first-order valence-corrected chi connectivity index (χ1v) is 13.2. The maximum Gasteiger partial charge on any atom is 0.0963 e. The molecule has 0 unspecified atom stereocenters. The first-order valence-electron chi connectivity index (χ1n) is 12.4. The van der Waals surface area contributed by atoms with Gasteiger partial charge in [-0.2, -0.15) is 0 Å². The predicted molar refractivity (Wildman–Crippen MR) is 158 cm³/mol. The van der Waals surface area contributed by atoms with Gasteiger partial charge in [-0.05, 0) is 96.1 Å². The van der Waals surface area contributed by atoms with Crippen LogP contribution in [0.2, 0.25) is 0 Å². The van der Waals surface area contributed by atoms with Crippen molar-refractivity contribution in [2.45, 2.75) is 0 Å². The molecule has 0 aliphatic carbocycles. The van der Waals surface area contributed by atoms with Crippen LogP contribution in [0.4, 0.5) is 0 Å². The molecule has 4 heterocycles. The van der Waals surface area contributed by atoms with E-state index in [0.29, 0.717) is 0 Å². The summed E-state index contributed by atoms with van der Waals surface area (Å²) in [5, 5.41) is 1.12. The van der Waals surface area contributed by atoms with E-state index < -0.39 is 0 Å². The molecule has 0 aliphatic rings. The number of fused-ring (bicyclic) bond motifs is 3. The Bertz CT molecular complexity index is 1870. The van der Waals surface area contributed by atoms with Crippen LogP contribution in [0, 0.1) is 0 Å². The Morgan fingerprint density at radius 3 is 1.92 bits per heavy atom. The normalized spacial score (nSPS) is 11.3. The number of halogens is 1. The molecule has 0 amide bonds. The zero-order valence-corrected chi connectivity index (χ0v) is 21.9. The van der Waals surface area contributed by atoms with Crippen molar-refractivity contribution in [1.29, 1.82) is 0 Å². The van der Waals surface area contributed by atoms with Gasteiger partial charge >= 0.3 is 0 Å². The molecule has 7 rings (SSSR count). The van der Waals surface area contributed by atoms with E-state index in [1.165, 1.54) is 0 Å². The van der Waals surface area contributed by atoms with Crippen LogP contribution in [-0.2, 0) is 0 Å². The van der Waals surface area contributed by atoms with E-state index in [1.807, 2.05) is 61.1 Å². The van der Waals surface area contributed by atoms with Gasteiger partial charge in [-0.15, -0.1) is 0 Å². The quantitative estimate of drug-likeness (QED) is 0.219. The fourth-order valence-electron chi connectivity index (χ4n) is 5.07. The summed E-state index contributed by atoms with van der Waals surface area (Å²) >= 11 is 3.63. The van der Waals surface area contributed by atoms with E-state index in [9.17, 15) is 0 Å². The molecular weight excluding hydrogens is 532 g/mol. The summed E-state index contributed by atoms with van der Waals surface area (Å²) in [6, 6.07) is 37.7. The van der Waals surface area contributed by atoms with Crippen LogP contribution in [0.15, 0.2) is 132 Å². The predicted octanol–water partition coefficient (Wildman–Crippen LogP) is 8.73. The molecule has 7 aromatic rings. The molecule has 0 bridgehead atoms. The average molecular weight is 553 g/mol. The van der Waals surface area contributed by atoms with Crippen LogP contribution in [0.3, 0.4) is 0 Å². The first-order chi connectivity index (χ1) is 18.7. The fourth-order valence-corrected chi connectivity index (χ4v) is 5.43. The van der Waals surface area contributed by atoms with Gasteiger partial charge in [-0.1, -0.05) is 40.2 Å². The van der Waals surface area contributed by atoms with E-state index in [1.54, 1.807) is 0 Å². The summed E-state index contributed by atoms with van der Waals surface area (Å²) in [4.78, 5) is 13.9. The molecule has 38 heavy (non-hydrogen) atoms. The number of benzene rings is 3. The van der Waals surface area contributed by atoms with Crippen LogP contribution in [0.5, 0.6) is 0 Å². The highest BCUT2D eigenvalue weighted by molar-refractivity contribution is 9.10. The molecule has 0 saturated carbocycles. The maximum absolute atomic E-state index is 4.71. The molecule has 0 atom stereocenters. The Hall–Kier alpha value is -4.61. The second kappa shape index (κ2) is 9.36. The zero-order chi connectivity index (χ0) is 25.5. The third kappa shape index (κ3) is 3.98. The number of aromatic nitrogens is 4. The van der Waals surface area contributed by atoms with Crippen molar-refractivity contribution in [3.8, 4) is 39.3 Å². The molecule has 0 spiro atoms. The summed E-state index contributed by atoms with van der Waals surface area (Å²) in [6.07, 6.45) is 5.52. The van der Waals surface area contributed by atoms with Crippen molar-refractivity contribution >= 4 is 37.9 Å². The third-order valence-corrected chi connectivity index (χ3v) is 7.27. The Labute approximate surface area is 228 Å². The van der Waals surface area contributed by atoms with Gasteiger partial charge < -0.3 is 4.57 Å². The van der Waals surface area contributed by atoms with Crippen LogP contribution >= 0.6 is 15.9 Å². The topological polar surface area (TPSA) is 43.6 Å². The summed E-state index contributed by atoms with van der Waals surface area (Å²) < 4.78 is 3.33. The molecule has 0 saturated heterocycles. The molecule has 4 nitrogen and oxygen atoms in total. The van der Waals surface area contributed by atoms with Crippen LogP contribution in [0.25, 0.3) is 61.3 Å². The first kappa shape index (κ1) is 22.6. The van der Waals surface area contributed by atoms with Crippen LogP contribution in [0.1, 0.15) is 0 Å². The number of hydrogen-bond acceptors (Lipinski definition) is 3. The van der Waals surface area contributed by atoms with E-state index >= 15 is 0 Å². The Balaban J connectivity index is 1.44. The SMILES string of the molecule is Brc1ccc2c(c1)c1ncccc1n2-c1cccc(-c2cc(-c3ccccn3)cc(-c3ccccn3)c2)c1. The molecule has 4 aromatic heterocycles. The smallest absolute Gasteiger partial charge is 0.0963 e. The van der Waals surface area contributed by atoms with Crippen molar-refractivity contribution < 1.29 is 0 Å². The molecule has 180 valence electrons. The van der Waals surface area contributed by atoms with Crippen LogP contribution in [-0.4, -0.2) is 19.5 Å². The van der Waals surface area contributed by atoms with Gasteiger partial charge in [0.1, 0.15) is 0 Å². The maximum atomic E-state index is 4.71. The summed E-state index contributed by atoms with van der Waals surface area (Å²) in [7, 11) is 0. The van der Waals surface area contributed by atoms with Crippen molar-refractivity contribution in [1.82, 2.24) is 19.5 Å². The number of hydrogen-bond donors (Lipinski definition) is 0. The lowest BCUT2D eigenvalue weighted by molar-refractivity contribution is 1.18. The summed E-state index contributed by atoms with van der Waals surface area (Å²) in [5.41, 5.74) is 10.5. The molecule has 0 aliphatic heterocycles. The fraction of sp³-hybridized carbons (Fsp3) is 0. The highest BCUT2D eigenvalue weighted by Crippen LogP contribution is 2.35. The summed E-state index contributed by atoms with van der Waals surface area (Å²) in [6.45, 7) is 0. The molecule has 0 N–H and O–H groups in total.